The summed E-state index contributed by atoms with van der Waals surface area (Å²) in [5.41, 5.74) is 1.28. The van der Waals surface area contributed by atoms with Gasteiger partial charge in [0.1, 0.15) is 11.6 Å². The zero-order valence-electron chi connectivity index (χ0n) is 10.5. The van der Waals surface area contributed by atoms with Crippen molar-refractivity contribution in [3.05, 3.63) is 17.7 Å². The molecular weight excluding hydrogens is 277 g/mol. The van der Waals surface area contributed by atoms with Gasteiger partial charge in [0.15, 0.2) is 0 Å². The van der Waals surface area contributed by atoms with E-state index in [1.807, 2.05) is 0 Å². The molecule has 4 N–H and O–H groups in total. The predicted molar refractivity (Wildman–Crippen MR) is 66.1 cm³/mol. The van der Waals surface area contributed by atoms with Gasteiger partial charge in [0.25, 0.3) is 0 Å². The van der Waals surface area contributed by atoms with E-state index < -0.39 is 11.7 Å². The number of ether oxygens (including phenoxy) is 2. The Balaban J connectivity index is 2.06. The lowest BCUT2D eigenvalue weighted by molar-refractivity contribution is -0.137. The molecule has 9 heteroatoms. The molecule has 0 aliphatic carbocycles. The Morgan fingerprint density at radius 1 is 1.30 bits per heavy atom. The maximum absolute atomic E-state index is 12.7. The fourth-order valence-electron chi connectivity index (χ4n) is 1.73. The highest BCUT2D eigenvalue weighted by atomic mass is 19.4. The second-order valence-corrected chi connectivity index (χ2v) is 4.22. The molecule has 0 amide bonds. The first-order chi connectivity index (χ1) is 9.49. The van der Waals surface area contributed by atoms with Crippen LogP contribution < -0.4 is 16.6 Å². The lowest BCUT2D eigenvalue weighted by atomic mass is 10.2. The third-order valence-corrected chi connectivity index (χ3v) is 2.70. The number of nitrogens with one attached hydrogen (secondary N) is 2. The van der Waals surface area contributed by atoms with Crippen molar-refractivity contribution in [3.8, 4) is 0 Å². The Kier molecular flexibility index (Phi) is 4.63. The van der Waals surface area contributed by atoms with Gasteiger partial charge in [-0.3, -0.25) is 0 Å². The molecule has 2 rings (SSSR count). The van der Waals surface area contributed by atoms with E-state index in [9.17, 15) is 13.2 Å². The maximum atomic E-state index is 12.7. The number of nitrogens with two attached hydrogens (primary N) is 1. The van der Waals surface area contributed by atoms with Crippen LogP contribution in [0.15, 0.2) is 12.1 Å². The predicted octanol–water partition coefficient (Wildman–Crippen LogP) is 1.21. The topological polar surface area (TPSA) is 81.4 Å². The molecule has 112 valence electrons. The van der Waals surface area contributed by atoms with Gasteiger partial charge < -0.3 is 20.2 Å². The third kappa shape index (κ3) is 3.95. The minimum atomic E-state index is -4.46. The number of rotatable bonds is 4. The fraction of sp³-hybridized carbons (Fsp3) is 0.545. The van der Waals surface area contributed by atoms with Crippen LogP contribution in [0, 0.1) is 0 Å². The molecule has 20 heavy (non-hydrogen) atoms. The summed E-state index contributed by atoms with van der Waals surface area (Å²) in [7, 11) is 0. The smallest absolute Gasteiger partial charge is 0.376 e. The van der Waals surface area contributed by atoms with Crippen LogP contribution in [0.3, 0.4) is 0 Å². The number of nitrogen functional groups attached to an aromatic ring is 1. The summed E-state index contributed by atoms with van der Waals surface area (Å²) in [6, 6.07) is 1.76. The first-order valence-electron chi connectivity index (χ1n) is 5.98. The summed E-state index contributed by atoms with van der Waals surface area (Å²) in [5, 5.41) is 2.79. The van der Waals surface area contributed by atoms with Gasteiger partial charge in [-0.2, -0.15) is 13.2 Å². The summed E-state index contributed by atoms with van der Waals surface area (Å²) < 4.78 is 48.7. The van der Waals surface area contributed by atoms with E-state index in [1.165, 1.54) is 0 Å². The van der Waals surface area contributed by atoms with E-state index in [0.717, 1.165) is 12.1 Å². The van der Waals surface area contributed by atoms with E-state index >= 15 is 0 Å². The summed E-state index contributed by atoms with van der Waals surface area (Å²) in [5.74, 6) is 5.12. The minimum Gasteiger partial charge on any atom is -0.376 e. The van der Waals surface area contributed by atoms with Gasteiger partial charge in [0, 0.05) is 6.54 Å². The van der Waals surface area contributed by atoms with Crippen molar-refractivity contribution in [1.29, 1.82) is 0 Å². The second-order valence-electron chi connectivity index (χ2n) is 4.22. The minimum absolute atomic E-state index is 0.0665. The van der Waals surface area contributed by atoms with Crippen LogP contribution in [-0.4, -0.2) is 37.5 Å². The molecule has 0 spiro atoms. The third-order valence-electron chi connectivity index (χ3n) is 2.70. The Morgan fingerprint density at radius 2 is 2.05 bits per heavy atom. The van der Waals surface area contributed by atoms with Gasteiger partial charge in [-0.15, -0.1) is 0 Å². The zero-order valence-corrected chi connectivity index (χ0v) is 10.5. The first-order valence-corrected chi connectivity index (χ1v) is 5.98. The van der Waals surface area contributed by atoms with E-state index in [0.29, 0.717) is 26.4 Å². The van der Waals surface area contributed by atoms with E-state index in [1.54, 1.807) is 0 Å². The molecule has 1 aliphatic heterocycles. The van der Waals surface area contributed by atoms with E-state index in [4.69, 9.17) is 15.3 Å². The molecule has 1 aliphatic rings. The molecule has 0 aromatic carbocycles. The van der Waals surface area contributed by atoms with Crippen LogP contribution in [0.25, 0.3) is 0 Å². The molecule has 1 fully saturated rings. The number of hydrogen-bond donors (Lipinski definition) is 3. The van der Waals surface area contributed by atoms with Crippen LogP contribution in [0.4, 0.5) is 24.8 Å². The van der Waals surface area contributed by atoms with Crippen molar-refractivity contribution in [2.75, 3.05) is 37.1 Å². The van der Waals surface area contributed by atoms with Crippen LogP contribution in [0.1, 0.15) is 5.56 Å². The average molecular weight is 292 g/mol. The van der Waals surface area contributed by atoms with Crippen LogP contribution in [0.5, 0.6) is 0 Å². The number of pyridine rings is 1. The second kappa shape index (κ2) is 6.25. The van der Waals surface area contributed by atoms with Crippen molar-refractivity contribution < 1.29 is 22.6 Å². The number of anilines is 2. The molecular formula is C11H15F3N4O2. The Bertz CT molecular complexity index is 450. The molecule has 1 atom stereocenters. The van der Waals surface area contributed by atoms with Crippen molar-refractivity contribution in [2.24, 2.45) is 5.84 Å². The Hall–Kier alpha value is -1.58. The van der Waals surface area contributed by atoms with Gasteiger partial charge in [-0.25, -0.2) is 10.8 Å². The zero-order chi connectivity index (χ0) is 14.6. The molecule has 0 radical (unpaired) electrons. The SMILES string of the molecule is NNc1cc(C(F)(F)F)cc(NCC2COCCO2)n1. The summed E-state index contributed by atoms with van der Waals surface area (Å²) in [6.45, 7) is 1.70. The highest BCUT2D eigenvalue weighted by molar-refractivity contribution is 5.49. The van der Waals surface area contributed by atoms with Crippen molar-refractivity contribution in [2.45, 2.75) is 12.3 Å². The number of nitrogens with zero attached hydrogens (tertiary/aromatic N) is 1. The molecule has 6 nitrogen and oxygen atoms in total. The maximum Gasteiger partial charge on any atom is 0.416 e. The lowest BCUT2D eigenvalue weighted by Crippen LogP contribution is -2.34. The summed E-state index contributed by atoms with van der Waals surface area (Å²) in [4.78, 5) is 3.91. The average Bonchev–Trinajstić information content (AvgIpc) is 2.45. The molecule has 0 bridgehead atoms. The monoisotopic (exact) mass is 292 g/mol. The first kappa shape index (κ1) is 14.8. The molecule has 1 aromatic rings. The quantitative estimate of drug-likeness (QED) is 0.572. The highest BCUT2D eigenvalue weighted by Crippen LogP contribution is 2.31. The van der Waals surface area contributed by atoms with Gasteiger partial charge in [0.05, 0.1) is 31.5 Å². The molecule has 1 saturated heterocycles. The lowest BCUT2D eigenvalue weighted by Gasteiger charge is -2.23. The van der Waals surface area contributed by atoms with Gasteiger partial charge in [-0.05, 0) is 12.1 Å². The van der Waals surface area contributed by atoms with E-state index in [2.05, 4.69) is 15.7 Å². The van der Waals surface area contributed by atoms with Gasteiger partial charge in [-0.1, -0.05) is 0 Å². The van der Waals surface area contributed by atoms with Crippen molar-refractivity contribution in [1.82, 2.24) is 4.98 Å². The summed E-state index contributed by atoms with van der Waals surface area (Å²) in [6.07, 6.45) is -4.68. The van der Waals surface area contributed by atoms with Crippen LogP contribution >= 0.6 is 0 Å². The number of aromatic nitrogens is 1. The highest BCUT2D eigenvalue weighted by Gasteiger charge is 2.31. The number of hydrazine groups is 1. The molecule has 1 aromatic heterocycles. The molecule has 2 heterocycles. The number of hydrogen-bond acceptors (Lipinski definition) is 6. The standard InChI is InChI=1S/C11H15F3N4O2/c12-11(13,14)7-3-9(17-10(4-7)18-15)16-5-8-6-19-1-2-20-8/h3-4,8H,1-2,5-6,15H2,(H2,16,17,18). The largest absolute Gasteiger partial charge is 0.416 e. The van der Waals surface area contributed by atoms with Crippen molar-refractivity contribution >= 4 is 11.6 Å². The fourth-order valence-corrected chi connectivity index (χ4v) is 1.73. The Morgan fingerprint density at radius 3 is 2.65 bits per heavy atom. The normalized spacial score (nSPS) is 19.7. The van der Waals surface area contributed by atoms with Gasteiger partial charge in [0.2, 0.25) is 0 Å². The number of halogens is 3. The Labute approximate surface area is 113 Å². The van der Waals surface area contributed by atoms with Crippen LogP contribution in [-0.2, 0) is 15.7 Å². The van der Waals surface area contributed by atoms with Gasteiger partial charge >= 0.3 is 6.18 Å². The van der Waals surface area contributed by atoms with Crippen molar-refractivity contribution in [3.63, 3.8) is 0 Å². The molecule has 1 unspecified atom stereocenters. The van der Waals surface area contributed by atoms with Crippen LogP contribution in [0.2, 0.25) is 0 Å². The van der Waals surface area contributed by atoms with E-state index in [-0.39, 0.29) is 17.7 Å². The number of alkyl halides is 3. The summed E-state index contributed by atoms with van der Waals surface area (Å²) >= 11 is 0. The molecule has 0 saturated carbocycles.